The van der Waals surface area contributed by atoms with Crippen LogP contribution in [-0.4, -0.2) is 26.3 Å². The van der Waals surface area contributed by atoms with Gasteiger partial charge in [0.1, 0.15) is 12.1 Å². The third-order valence-electron chi connectivity index (χ3n) is 7.68. The molecule has 2 aromatic carbocycles. The Bertz CT molecular complexity index is 1460. The van der Waals surface area contributed by atoms with Gasteiger partial charge in [-0.15, -0.1) is 0 Å². The summed E-state index contributed by atoms with van der Waals surface area (Å²) in [7, 11) is 0. The summed E-state index contributed by atoms with van der Waals surface area (Å²) in [5.41, 5.74) is 6.24. The zero-order valence-corrected chi connectivity index (χ0v) is 21.1. The standard InChI is InChI=1S/C29H34N4O2/c1-18-13-20(3)24(21(4)14-18)16-32-26-12-8-6-10-22(26)23-15-30-33(29(35)28(23)32)17-27(34)31-25-11-7-5-9-19(25)2/h6,8,10,12-15,19,25H,5,7,9,11,16-17H2,1-4H3,(H,31,34)/t19-,25-/m1/s1. The molecule has 1 fully saturated rings. The van der Waals surface area contributed by atoms with Gasteiger partial charge in [0.05, 0.1) is 6.20 Å². The minimum atomic E-state index is -0.229. The van der Waals surface area contributed by atoms with Crippen molar-refractivity contribution >= 4 is 27.7 Å². The third-order valence-corrected chi connectivity index (χ3v) is 7.68. The molecule has 0 radical (unpaired) electrons. The summed E-state index contributed by atoms with van der Waals surface area (Å²) >= 11 is 0. The number of benzene rings is 2. The van der Waals surface area contributed by atoms with Crippen LogP contribution in [-0.2, 0) is 17.9 Å². The van der Waals surface area contributed by atoms with Crippen LogP contribution in [0.25, 0.3) is 21.8 Å². The van der Waals surface area contributed by atoms with Crippen LogP contribution < -0.4 is 10.9 Å². The number of nitrogens with one attached hydrogen (secondary N) is 1. The number of nitrogens with zero attached hydrogens (tertiary/aromatic N) is 3. The van der Waals surface area contributed by atoms with Crippen LogP contribution in [0.1, 0.15) is 54.9 Å². The maximum absolute atomic E-state index is 13.7. The number of fused-ring (bicyclic) bond motifs is 3. The zero-order chi connectivity index (χ0) is 24.7. The van der Waals surface area contributed by atoms with Gasteiger partial charge in [-0.25, -0.2) is 4.68 Å². The third kappa shape index (κ3) is 4.38. The van der Waals surface area contributed by atoms with E-state index in [1.165, 1.54) is 33.4 Å². The van der Waals surface area contributed by atoms with E-state index in [4.69, 9.17) is 0 Å². The Morgan fingerprint density at radius 2 is 1.77 bits per heavy atom. The first-order valence-corrected chi connectivity index (χ1v) is 12.7. The Morgan fingerprint density at radius 3 is 2.51 bits per heavy atom. The average Bonchev–Trinajstić information content (AvgIpc) is 3.14. The second-order valence-corrected chi connectivity index (χ2v) is 10.3. The number of carbonyl (C=O) groups is 1. The van der Waals surface area contributed by atoms with Crippen LogP contribution in [0.2, 0.25) is 0 Å². The molecule has 2 atom stereocenters. The Morgan fingerprint density at radius 1 is 1.06 bits per heavy atom. The van der Waals surface area contributed by atoms with Gasteiger partial charge in [0.25, 0.3) is 5.56 Å². The number of rotatable bonds is 5. The Hall–Kier alpha value is -3.41. The van der Waals surface area contributed by atoms with Crippen molar-refractivity contribution in [1.29, 1.82) is 0 Å². The number of amides is 1. The normalized spacial score (nSPS) is 18.3. The van der Waals surface area contributed by atoms with E-state index in [0.29, 0.717) is 18.0 Å². The molecule has 6 nitrogen and oxygen atoms in total. The van der Waals surface area contributed by atoms with Crippen molar-refractivity contribution in [1.82, 2.24) is 19.7 Å². The molecule has 1 saturated carbocycles. The summed E-state index contributed by atoms with van der Waals surface area (Å²) in [4.78, 5) is 26.6. The molecule has 182 valence electrons. The number of aryl methyl sites for hydroxylation is 3. The van der Waals surface area contributed by atoms with Crippen LogP contribution in [0, 0.1) is 26.7 Å². The van der Waals surface area contributed by atoms with E-state index in [-0.39, 0.29) is 24.1 Å². The van der Waals surface area contributed by atoms with E-state index in [1.54, 1.807) is 6.20 Å². The smallest absolute Gasteiger partial charge is 0.291 e. The fourth-order valence-corrected chi connectivity index (χ4v) is 5.81. The van der Waals surface area contributed by atoms with Crippen molar-refractivity contribution in [3.05, 3.63) is 75.2 Å². The quantitative estimate of drug-likeness (QED) is 0.445. The molecule has 35 heavy (non-hydrogen) atoms. The lowest BCUT2D eigenvalue weighted by atomic mass is 9.86. The molecule has 0 aliphatic heterocycles. The maximum atomic E-state index is 13.7. The number of carbonyl (C=O) groups excluding carboxylic acids is 1. The van der Waals surface area contributed by atoms with Gasteiger partial charge in [0.15, 0.2) is 0 Å². The van der Waals surface area contributed by atoms with Crippen LogP contribution in [0.4, 0.5) is 0 Å². The first-order chi connectivity index (χ1) is 16.8. The van der Waals surface area contributed by atoms with Crippen molar-refractivity contribution in [3.8, 4) is 0 Å². The zero-order valence-electron chi connectivity index (χ0n) is 21.1. The van der Waals surface area contributed by atoms with Crippen molar-refractivity contribution in [3.63, 3.8) is 0 Å². The Kier molecular flexibility index (Phi) is 6.22. The molecule has 0 saturated heterocycles. The molecule has 4 aromatic rings. The van der Waals surface area contributed by atoms with Gasteiger partial charge in [-0.05, 0) is 62.3 Å². The lowest BCUT2D eigenvalue weighted by Crippen LogP contribution is -2.43. The van der Waals surface area contributed by atoms with E-state index in [1.807, 2.05) is 18.2 Å². The number of hydrogen-bond acceptors (Lipinski definition) is 3. The largest absolute Gasteiger partial charge is 0.351 e. The molecule has 2 aromatic heterocycles. The van der Waals surface area contributed by atoms with Crippen LogP contribution in [0.15, 0.2) is 47.4 Å². The van der Waals surface area contributed by atoms with E-state index < -0.39 is 0 Å². The second kappa shape index (κ2) is 9.33. The molecular formula is C29H34N4O2. The second-order valence-electron chi connectivity index (χ2n) is 10.3. The monoisotopic (exact) mass is 470 g/mol. The van der Waals surface area contributed by atoms with Gasteiger partial charge in [-0.1, -0.05) is 55.7 Å². The molecule has 2 heterocycles. The first kappa shape index (κ1) is 23.3. The highest BCUT2D eigenvalue weighted by molar-refractivity contribution is 6.07. The van der Waals surface area contributed by atoms with Crippen molar-refractivity contribution in [2.45, 2.75) is 72.5 Å². The van der Waals surface area contributed by atoms with Gasteiger partial charge < -0.3 is 9.88 Å². The molecule has 0 spiro atoms. The maximum Gasteiger partial charge on any atom is 0.291 e. The Labute approximate surface area is 206 Å². The predicted octanol–water partition coefficient (Wildman–Crippen LogP) is 5.02. The molecule has 0 unspecified atom stereocenters. The Balaban J connectivity index is 1.56. The number of hydrogen-bond donors (Lipinski definition) is 1. The SMILES string of the molecule is Cc1cc(C)c(Cn2c3ccccc3c3cnn(CC(=O)N[C@@H]4CCCC[C@H]4C)c(=O)c32)c(C)c1. The summed E-state index contributed by atoms with van der Waals surface area (Å²) in [6.07, 6.45) is 6.22. The lowest BCUT2D eigenvalue weighted by Gasteiger charge is -2.29. The highest BCUT2D eigenvalue weighted by atomic mass is 16.2. The van der Waals surface area contributed by atoms with Gasteiger partial charge in [0, 0.05) is 28.9 Å². The fourth-order valence-electron chi connectivity index (χ4n) is 5.81. The van der Waals surface area contributed by atoms with Gasteiger partial charge in [0.2, 0.25) is 5.91 Å². The van der Waals surface area contributed by atoms with Gasteiger partial charge in [-0.3, -0.25) is 9.59 Å². The summed E-state index contributed by atoms with van der Waals surface area (Å²) in [6, 6.07) is 12.6. The van der Waals surface area contributed by atoms with E-state index in [9.17, 15) is 9.59 Å². The first-order valence-electron chi connectivity index (χ1n) is 12.7. The van der Waals surface area contributed by atoms with Gasteiger partial charge >= 0.3 is 0 Å². The molecule has 1 N–H and O–H groups in total. The molecular weight excluding hydrogens is 436 g/mol. The molecule has 1 aliphatic carbocycles. The highest BCUT2D eigenvalue weighted by Crippen LogP contribution is 2.29. The molecule has 0 bridgehead atoms. The minimum absolute atomic E-state index is 0.0674. The van der Waals surface area contributed by atoms with Crippen LogP contribution >= 0.6 is 0 Å². The number of para-hydroxylation sites is 1. The topological polar surface area (TPSA) is 68.9 Å². The van der Waals surface area contributed by atoms with Crippen molar-refractivity contribution in [2.24, 2.45) is 5.92 Å². The van der Waals surface area contributed by atoms with Crippen molar-refractivity contribution < 1.29 is 4.79 Å². The van der Waals surface area contributed by atoms with Gasteiger partial charge in [-0.2, -0.15) is 5.10 Å². The van der Waals surface area contributed by atoms with Crippen LogP contribution in [0.5, 0.6) is 0 Å². The van der Waals surface area contributed by atoms with Crippen molar-refractivity contribution in [2.75, 3.05) is 0 Å². The van der Waals surface area contributed by atoms with E-state index in [2.05, 4.69) is 60.9 Å². The number of aromatic nitrogens is 3. The van der Waals surface area contributed by atoms with Crippen LogP contribution in [0.3, 0.4) is 0 Å². The molecule has 1 amide bonds. The fraction of sp³-hybridized carbons (Fsp3) is 0.414. The van der Waals surface area contributed by atoms with E-state index >= 15 is 0 Å². The summed E-state index contributed by atoms with van der Waals surface area (Å²) < 4.78 is 3.41. The summed E-state index contributed by atoms with van der Waals surface area (Å²) in [6.45, 7) is 9.07. The molecule has 6 heteroatoms. The predicted molar refractivity (Wildman–Crippen MR) is 141 cm³/mol. The molecule has 5 rings (SSSR count). The lowest BCUT2D eigenvalue weighted by molar-refractivity contribution is -0.123. The molecule has 1 aliphatic rings. The summed E-state index contributed by atoms with van der Waals surface area (Å²) in [5.74, 6) is 0.314. The van der Waals surface area contributed by atoms with E-state index in [0.717, 1.165) is 35.6 Å². The minimum Gasteiger partial charge on any atom is -0.351 e. The highest BCUT2D eigenvalue weighted by Gasteiger charge is 2.24. The average molecular weight is 471 g/mol. The summed E-state index contributed by atoms with van der Waals surface area (Å²) in [5, 5.41) is 9.38.